The summed E-state index contributed by atoms with van der Waals surface area (Å²) in [6.45, 7) is 4.79. The molecule has 0 spiro atoms. The van der Waals surface area contributed by atoms with E-state index in [1.54, 1.807) is 5.56 Å². The first-order chi connectivity index (χ1) is 10.8. The van der Waals surface area contributed by atoms with Crippen LogP contribution in [0.4, 0.5) is 0 Å². The zero-order valence-corrected chi connectivity index (χ0v) is 13.6. The first kappa shape index (κ1) is 15.3. The lowest BCUT2D eigenvalue weighted by Gasteiger charge is -2.30. The van der Waals surface area contributed by atoms with Crippen LogP contribution in [-0.4, -0.2) is 13.1 Å². The molecule has 116 valence electrons. The highest BCUT2D eigenvalue weighted by molar-refractivity contribution is 5.32. The molecule has 0 aromatic heterocycles. The van der Waals surface area contributed by atoms with E-state index in [1.807, 2.05) is 0 Å². The molecule has 1 aliphatic rings. The van der Waals surface area contributed by atoms with Gasteiger partial charge in [0.1, 0.15) is 0 Å². The largest absolute Gasteiger partial charge is 0.317 e. The highest BCUT2D eigenvalue weighted by Crippen LogP contribution is 2.32. The molecular weight excluding hydrogens is 266 g/mol. The fourth-order valence-electron chi connectivity index (χ4n) is 3.73. The summed E-state index contributed by atoms with van der Waals surface area (Å²) < 4.78 is 0. The van der Waals surface area contributed by atoms with Crippen LogP contribution in [0.15, 0.2) is 54.6 Å². The summed E-state index contributed by atoms with van der Waals surface area (Å²) in [5.41, 5.74) is 4.55. The average Bonchev–Trinajstić information content (AvgIpc) is 2.61. The Morgan fingerprint density at radius 3 is 2.36 bits per heavy atom. The fourth-order valence-corrected chi connectivity index (χ4v) is 3.73. The Hall–Kier alpha value is -1.60. The van der Waals surface area contributed by atoms with Crippen molar-refractivity contribution in [1.29, 1.82) is 0 Å². The molecule has 2 aromatic carbocycles. The van der Waals surface area contributed by atoms with Gasteiger partial charge in [-0.15, -0.1) is 0 Å². The monoisotopic (exact) mass is 293 g/mol. The lowest BCUT2D eigenvalue weighted by atomic mass is 9.79. The highest BCUT2D eigenvalue weighted by atomic mass is 14.9. The topological polar surface area (TPSA) is 12.0 Å². The van der Waals surface area contributed by atoms with Crippen LogP contribution in [0.2, 0.25) is 0 Å². The summed E-state index contributed by atoms with van der Waals surface area (Å²) in [4.78, 5) is 0. The van der Waals surface area contributed by atoms with Gasteiger partial charge >= 0.3 is 0 Å². The van der Waals surface area contributed by atoms with Gasteiger partial charge in [-0.05, 0) is 67.3 Å². The summed E-state index contributed by atoms with van der Waals surface area (Å²) in [6.07, 6.45) is 4.91. The van der Waals surface area contributed by atoms with Crippen LogP contribution >= 0.6 is 0 Å². The number of piperidine rings is 1. The number of nitrogens with one attached hydrogen (secondary N) is 1. The van der Waals surface area contributed by atoms with Crippen LogP contribution in [0.1, 0.15) is 42.4 Å². The van der Waals surface area contributed by atoms with Gasteiger partial charge in [0, 0.05) is 0 Å². The van der Waals surface area contributed by atoms with Gasteiger partial charge in [-0.1, -0.05) is 61.5 Å². The molecule has 1 heterocycles. The maximum atomic E-state index is 3.48. The minimum Gasteiger partial charge on any atom is -0.317 e. The second-order valence-corrected chi connectivity index (χ2v) is 6.56. The molecule has 1 N–H and O–H groups in total. The van der Waals surface area contributed by atoms with Gasteiger partial charge in [-0.25, -0.2) is 0 Å². The first-order valence-corrected chi connectivity index (χ1v) is 8.67. The Morgan fingerprint density at radius 2 is 1.59 bits per heavy atom. The van der Waals surface area contributed by atoms with Gasteiger partial charge in [0.2, 0.25) is 0 Å². The molecule has 1 aliphatic heterocycles. The van der Waals surface area contributed by atoms with E-state index in [9.17, 15) is 0 Å². The third kappa shape index (κ3) is 3.78. The Bertz CT molecular complexity index is 569. The van der Waals surface area contributed by atoms with Gasteiger partial charge in [0.05, 0.1) is 0 Å². The standard InChI is InChI=1S/C21H27N/c1-17(19-13-15-22-16-14-19)21-10-6-5-9-20(21)12-11-18-7-3-2-4-8-18/h2-10,17,19,22H,11-16H2,1H3. The van der Waals surface area contributed by atoms with Crippen molar-refractivity contribution in [1.82, 2.24) is 5.32 Å². The molecule has 1 saturated heterocycles. The van der Waals surface area contributed by atoms with Crippen molar-refractivity contribution in [3.8, 4) is 0 Å². The Labute approximate surface area is 134 Å². The van der Waals surface area contributed by atoms with Crippen molar-refractivity contribution in [2.45, 2.75) is 38.5 Å². The van der Waals surface area contributed by atoms with E-state index in [4.69, 9.17) is 0 Å². The third-order valence-corrected chi connectivity index (χ3v) is 5.16. The normalized spacial score (nSPS) is 17.3. The zero-order chi connectivity index (χ0) is 15.2. The second kappa shape index (κ2) is 7.60. The maximum absolute atomic E-state index is 3.48. The van der Waals surface area contributed by atoms with Gasteiger partial charge < -0.3 is 5.32 Å². The molecule has 22 heavy (non-hydrogen) atoms. The molecule has 0 amide bonds. The molecule has 1 heteroatoms. The summed E-state index contributed by atoms with van der Waals surface area (Å²) in [5, 5.41) is 3.48. The molecule has 1 fully saturated rings. The molecule has 0 saturated carbocycles. The van der Waals surface area contributed by atoms with Crippen LogP contribution in [0.25, 0.3) is 0 Å². The summed E-state index contributed by atoms with van der Waals surface area (Å²) in [7, 11) is 0. The molecular formula is C21H27N. The van der Waals surface area contributed by atoms with E-state index < -0.39 is 0 Å². The second-order valence-electron chi connectivity index (χ2n) is 6.56. The van der Waals surface area contributed by atoms with E-state index in [0.29, 0.717) is 5.92 Å². The van der Waals surface area contributed by atoms with Gasteiger partial charge in [0.15, 0.2) is 0 Å². The lowest BCUT2D eigenvalue weighted by molar-refractivity contribution is 0.329. The Kier molecular flexibility index (Phi) is 5.29. The lowest BCUT2D eigenvalue weighted by Crippen LogP contribution is -2.30. The van der Waals surface area contributed by atoms with Crippen molar-refractivity contribution in [3.63, 3.8) is 0 Å². The summed E-state index contributed by atoms with van der Waals surface area (Å²) in [5.74, 6) is 1.51. The van der Waals surface area contributed by atoms with E-state index in [1.165, 1.54) is 37.1 Å². The third-order valence-electron chi connectivity index (χ3n) is 5.16. The smallest absolute Gasteiger partial charge is 0.00461 e. The van der Waals surface area contributed by atoms with Crippen molar-refractivity contribution < 1.29 is 0 Å². The van der Waals surface area contributed by atoms with E-state index in [0.717, 1.165) is 18.8 Å². The number of aryl methyl sites for hydroxylation is 2. The van der Waals surface area contributed by atoms with Gasteiger partial charge in [-0.3, -0.25) is 0 Å². The molecule has 1 nitrogen and oxygen atoms in total. The van der Waals surface area contributed by atoms with Crippen LogP contribution in [0, 0.1) is 5.92 Å². The molecule has 3 rings (SSSR count). The van der Waals surface area contributed by atoms with Gasteiger partial charge in [-0.2, -0.15) is 0 Å². The van der Waals surface area contributed by atoms with E-state index >= 15 is 0 Å². The molecule has 2 aromatic rings. The maximum Gasteiger partial charge on any atom is -0.00461 e. The molecule has 0 bridgehead atoms. The fraction of sp³-hybridized carbons (Fsp3) is 0.429. The van der Waals surface area contributed by atoms with Crippen LogP contribution in [-0.2, 0) is 12.8 Å². The van der Waals surface area contributed by atoms with Gasteiger partial charge in [0.25, 0.3) is 0 Å². The SMILES string of the molecule is CC(c1ccccc1CCc1ccccc1)C1CCNCC1. The number of hydrogen-bond acceptors (Lipinski definition) is 1. The van der Waals surface area contributed by atoms with E-state index in [2.05, 4.69) is 66.8 Å². The zero-order valence-electron chi connectivity index (χ0n) is 13.6. The highest BCUT2D eigenvalue weighted by Gasteiger charge is 2.22. The first-order valence-electron chi connectivity index (χ1n) is 8.67. The quantitative estimate of drug-likeness (QED) is 0.851. The predicted octanol–water partition coefficient (Wildman–Crippen LogP) is 4.57. The molecule has 1 unspecified atom stereocenters. The average molecular weight is 293 g/mol. The number of hydrogen-bond donors (Lipinski definition) is 1. The van der Waals surface area contributed by atoms with Crippen LogP contribution in [0.5, 0.6) is 0 Å². The number of benzene rings is 2. The van der Waals surface area contributed by atoms with E-state index in [-0.39, 0.29) is 0 Å². The minimum atomic E-state index is 0.675. The molecule has 1 atom stereocenters. The Balaban J connectivity index is 1.71. The Morgan fingerprint density at radius 1 is 0.909 bits per heavy atom. The minimum absolute atomic E-state index is 0.675. The van der Waals surface area contributed by atoms with Crippen molar-refractivity contribution in [3.05, 3.63) is 71.3 Å². The van der Waals surface area contributed by atoms with Crippen molar-refractivity contribution in [2.75, 3.05) is 13.1 Å². The molecule has 0 radical (unpaired) electrons. The van der Waals surface area contributed by atoms with Crippen LogP contribution in [0.3, 0.4) is 0 Å². The molecule has 0 aliphatic carbocycles. The van der Waals surface area contributed by atoms with Crippen molar-refractivity contribution in [2.24, 2.45) is 5.92 Å². The summed E-state index contributed by atoms with van der Waals surface area (Å²) in [6, 6.07) is 19.9. The number of rotatable bonds is 5. The van der Waals surface area contributed by atoms with Crippen molar-refractivity contribution >= 4 is 0 Å². The summed E-state index contributed by atoms with van der Waals surface area (Å²) >= 11 is 0. The predicted molar refractivity (Wildman–Crippen MR) is 94.3 cm³/mol. The van der Waals surface area contributed by atoms with Crippen LogP contribution < -0.4 is 5.32 Å².